The summed E-state index contributed by atoms with van der Waals surface area (Å²) in [6.07, 6.45) is 1.03. The number of hydrogen-bond acceptors (Lipinski definition) is 3. The first-order valence-corrected chi connectivity index (χ1v) is 2.89. The fourth-order valence-corrected chi connectivity index (χ4v) is 0.454. The maximum Gasteiger partial charge on any atom is 0.102 e. The molecule has 1 nitrogen and oxygen atoms in total. The van der Waals surface area contributed by atoms with Crippen molar-refractivity contribution in [2.75, 3.05) is 12.3 Å². The maximum atomic E-state index is 6.65. The molecule has 0 unspecified atom stereocenters. The van der Waals surface area contributed by atoms with Gasteiger partial charge in [0.1, 0.15) is 1.12 Å². The van der Waals surface area contributed by atoms with E-state index in [0.717, 1.165) is 31.3 Å². The molecule has 0 aromatic heterocycles. The topological polar surface area (TPSA) is 12.0 Å². The largest absolute Gasteiger partial charge is 0.267 e. The lowest BCUT2D eigenvalue weighted by Crippen LogP contribution is -2.00. The molecule has 0 aliphatic rings. The van der Waals surface area contributed by atoms with Crippen molar-refractivity contribution in [1.82, 2.24) is 4.72 Å². The Morgan fingerprint density at radius 1 is 1.83 bits per heavy atom. The Labute approximate surface area is 50.6 Å². The molecule has 0 atom stereocenters. The Morgan fingerprint density at radius 2 is 2.67 bits per heavy atom. The first-order chi connectivity index (χ1) is 3.41. The number of rotatable bonds is 4. The first kappa shape index (κ1) is 4.81. The van der Waals surface area contributed by atoms with Crippen LogP contribution in [0.4, 0.5) is 0 Å². The number of thiol groups is 2. The second-order valence-electron chi connectivity index (χ2n) is 0.966. The molecule has 0 amide bonds. The Kier molecular flexibility index (Phi) is 4.54. The lowest BCUT2D eigenvalue weighted by atomic mass is 10.5. The van der Waals surface area contributed by atoms with Gasteiger partial charge < -0.3 is 0 Å². The molecule has 0 aromatic carbocycles. The van der Waals surface area contributed by atoms with Crippen LogP contribution in [0, 0.1) is 0 Å². The van der Waals surface area contributed by atoms with Gasteiger partial charge in [0.05, 0.1) is 0 Å². The zero-order valence-corrected chi connectivity index (χ0v) is 5.19. The Bertz CT molecular complexity index is 32.1. The fourth-order valence-electron chi connectivity index (χ4n) is 0.151. The number of hydrogen-bond donors (Lipinski definition) is 3. The van der Waals surface area contributed by atoms with Gasteiger partial charge in [-0.25, -0.2) is 0 Å². The lowest BCUT2D eigenvalue weighted by molar-refractivity contribution is 0.894. The van der Waals surface area contributed by atoms with Crippen molar-refractivity contribution >= 4 is 25.3 Å². The van der Waals surface area contributed by atoms with E-state index in [9.17, 15) is 0 Å². The normalized spacial score (nSPS) is 11.2. The lowest BCUT2D eigenvalue weighted by Gasteiger charge is -1.88. The molecule has 6 heavy (non-hydrogen) atoms. The Hall–Kier alpha value is 0.660. The van der Waals surface area contributed by atoms with Crippen LogP contribution >= 0.6 is 25.3 Å². The van der Waals surface area contributed by atoms with Gasteiger partial charge in [-0.15, -0.1) is 0 Å². The van der Waals surface area contributed by atoms with E-state index >= 15 is 0 Å². The molecule has 0 spiro atoms. The van der Waals surface area contributed by atoms with Crippen molar-refractivity contribution in [1.29, 1.82) is 1.12 Å². The molecule has 0 saturated carbocycles. The second-order valence-corrected chi connectivity index (χ2v) is 1.69. The van der Waals surface area contributed by atoms with Gasteiger partial charge in [-0.3, -0.25) is 4.72 Å². The summed E-state index contributed by atoms with van der Waals surface area (Å²) in [7, 11) is 0. The van der Waals surface area contributed by atoms with Crippen molar-refractivity contribution in [2.45, 2.75) is 6.42 Å². The molecule has 0 aliphatic heterocycles. The van der Waals surface area contributed by atoms with Gasteiger partial charge in [-0.05, 0) is 12.2 Å². The van der Waals surface area contributed by atoms with E-state index in [-0.39, 0.29) is 0 Å². The van der Waals surface area contributed by atoms with E-state index in [4.69, 9.17) is 1.12 Å². The highest BCUT2D eigenvalue weighted by molar-refractivity contribution is 7.80. The van der Waals surface area contributed by atoms with Gasteiger partial charge in [-0.1, -0.05) is 12.8 Å². The Morgan fingerprint density at radius 3 is 3.17 bits per heavy atom. The van der Waals surface area contributed by atoms with Crippen LogP contribution in [0.15, 0.2) is 0 Å². The summed E-state index contributed by atoms with van der Waals surface area (Å²) in [4.78, 5) is 0. The molecule has 0 fully saturated rings. The molecule has 0 bridgehead atoms. The molecule has 0 aromatic rings. The molecule has 0 radical (unpaired) electrons. The highest BCUT2D eigenvalue weighted by atomic mass is 32.1. The van der Waals surface area contributed by atoms with Crippen LogP contribution in [-0.2, 0) is 0 Å². The van der Waals surface area contributed by atoms with Gasteiger partial charge >= 0.3 is 0 Å². The van der Waals surface area contributed by atoms with Gasteiger partial charge in [0, 0.05) is 6.54 Å². The average Bonchev–Trinajstić information content (AvgIpc) is 1.69. The van der Waals surface area contributed by atoms with E-state index in [1.165, 1.54) is 0 Å². The minimum Gasteiger partial charge on any atom is -0.267 e. The highest BCUT2D eigenvalue weighted by Gasteiger charge is 1.74. The van der Waals surface area contributed by atoms with Crippen LogP contribution in [0.1, 0.15) is 6.42 Å². The molecule has 3 heteroatoms. The maximum absolute atomic E-state index is 6.65. The smallest absolute Gasteiger partial charge is 0.102 e. The van der Waals surface area contributed by atoms with Gasteiger partial charge in [0.25, 0.3) is 0 Å². The monoisotopic (exact) mass is 125 g/mol. The second kappa shape index (κ2) is 5.66. The molecular weight excluding hydrogens is 114 g/mol. The van der Waals surface area contributed by atoms with Crippen molar-refractivity contribution < 1.29 is 0 Å². The molecule has 38 valence electrons. The number of nitrogens with one attached hydrogen (secondary N) is 1. The van der Waals surface area contributed by atoms with Crippen LogP contribution in [0.25, 0.3) is 0 Å². The predicted molar refractivity (Wildman–Crippen MR) is 35.5 cm³/mol. The molecule has 0 rings (SSSR count). The van der Waals surface area contributed by atoms with Crippen LogP contribution in [0.3, 0.4) is 0 Å². The van der Waals surface area contributed by atoms with Crippen molar-refractivity contribution in [3.8, 4) is 0 Å². The van der Waals surface area contributed by atoms with Crippen LogP contribution in [-0.4, -0.2) is 13.4 Å². The molecular formula is C3H9NS2. The van der Waals surface area contributed by atoms with E-state index in [2.05, 4.69) is 17.5 Å². The quantitative estimate of drug-likeness (QED) is 0.372. The summed E-state index contributed by atoms with van der Waals surface area (Å²) in [6, 6.07) is 0. The summed E-state index contributed by atoms with van der Waals surface area (Å²) in [6.45, 7) is 0.898. The summed E-state index contributed by atoms with van der Waals surface area (Å²) >= 11 is 4.89. The average molecular weight is 125 g/mol. The Balaban J connectivity index is 2.45. The third-order valence-electron chi connectivity index (χ3n) is 0.433. The zero-order chi connectivity index (χ0) is 5.54. The zero-order valence-electron chi connectivity index (χ0n) is 4.48. The van der Waals surface area contributed by atoms with Crippen LogP contribution in [0.5, 0.6) is 0 Å². The van der Waals surface area contributed by atoms with Crippen molar-refractivity contribution in [2.24, 2.45) is 0 Å². The van der Waals surface area contributed by atoms with Crippen molar-refractivity contribution in [3.05, 3.63) is 0 Å². The van der Waals surface area contributed by atoms with E-state index in [0.29, 0.717) is 0 Å². The van der Waals surface area contributed by atoms with E-state index in [1.54, 1.807) is 0 Å². The van der Waals surface area contributed by atoms with Gasteiger partial charge in [-0.2, -0.15) is 12.5 Å². The standard InChI is InChI=1S/C3H9NS2/c5-3-1-2-4-6/h4-6H,1-3H2/i/hT. The molecule has 1 N–H and O–H groups in total. The fraction of sp³-hybridized carbons (Fsp3) is 1.00. The van der Waals surface area contributed by atoms with Crippen LogP contribution < -0.4 is 4.72 Å². The third-order valence-corrected chi connectivity index (χ3v) is 0.945. The summed E-state index contributed by atoms with van der Waals surface area (Å²) in [5, 5.41) is 0. The summed E-state index contributed by atoms with van der Waals surface area (Å²) in [5.74, 6) is 0.896. The van der Waals surface area contributed by atoms with E-state index < -0.39 is 0 Å². The SMILES string of the molecule is [3H]SCCCNS. The van der Waals surface area contributed by atoms with Gasteiger partial charge in [0.2, 0.25) is 0 Å². The third kappa shape index (κ3) is 4.66. The highest BCUT2D eigenvalue weighted by Crippen LogP contribution is 1.79. The first-order valence-electron chi connectivity index (χ1n) is 2.27. The minimum atomic E-state index is 0.896. The van der Waals surface area contributed by atoms with Crippen LogP contribution in [0.2, 0.25) is 0 Å². The summed E-state index contributed by atoms with van der Waals surface area (Å²) < 4.78 is 9.35. The predicted octanol–water partition coefficient (Wildman–Crippen LogP) is 0.741. The van der Waals surface area contributed by atoms with Gasteiger partial charge in [0.15, 0.2) is 0 Å². The minimum absolute atomic E-state index is 0.896. The molecule has 0 saturated heterocycles. The van der Waals surface area contributed by atoms with E-state index in [1.807, 2.05) is 0 Å². The summed E-state index contributed by atoms with van der Waals surface area (Å²) in [5.41, 5.74) is 0. The molecule has 0 aliphatic carbocycles. The van der Waals surface area contributed by atoms with Crippen molar-refractivity contribution in [3.63, 3.8) is 0 Å². The molecule has 0 heterocycles.